The van der Waals surface area contributed by atoms with Crippen LogP contribution >= 0.6 is 0 Å². The van der Waals surface area contributed by atoms with Gasteiger partial charge in [0.25, 0.3) is 0 Å². The first-order valence-corrected chi connectivity index (χ1v) is 6.76. The zero-order chi connectivity index (χ0) is 15.9. The second kappa shape index (κ2) is 5.20. The van der Waals surface area contributed by atoms with Crippen molar-refractivity contribution in [2.24, 2.45) is 5.73 Å². The molecule has 0 saturated heterocycles. The van der Waals surface area contributed by atoms with E-state index < -0.39 is 5.97 Å². The monoisotopic (exact) mass is 297 g/mol. The number of phenols is 1. The maximum absolute atomic E-state index is 11.6. The number of aromatic carboxylic acids is 1. The lowest BCUT2D eigenvalue weighted by atomic mass is 9.92. The van der Waals surface area contributed by atoms with Gasteiger partial charge >= 0.3 is 5.97 Å². The number of carbonyl (C=O) groups is 1. The molecule has 22 heavy (non-hydrogen) atoms. The van der Waals surface area contributed by atoms with Gasteiger partial charge in [0.15, 0.2) is 11.5 Å². The molecule has 3 aromatic carbocycles. The van der Waals surface area contributed by atoms with Crippen molar-refractivity contribution in [2.75, 3.05) is 7.11 Å². The molecule has 0 fully saturated rings. The average Bonchev–Trinajstić information content (AvgIpc) is 2.53. The van der Waals surface area contributed by atoms with Crippen molar-refractivity contribution in [2.45, 2.75) is 6.54 Å². The number of carboxylic acids is 1. The van der Waals surface area contributed by atoms with Gasteiger partial charge in [0.2, 0.25) is 0 Å². The second-order valence-corrected chi connectivity index (χ2v) is 4.99. The third-order valence-corrected chi connectivity index (χ3v) is 3.80. The fraction of sp³-hybridized carbons (Fsp3) is 0.118. The number of methoxy groups -OCH3 is 1. The predicted molar refractivity (Wildman–Crippen MR) is 84.5 cm³/mol. The van der Waals surface area contributed by atoms with E-state index in [2.05, 4.69) is 0 Å². The van der Waals surface area contributed by atoms with E-state index in [9.17, 15) is 15.0 Å². The fourth-order valence-electron chi connectivity index (χ4n) is 2.89. The standard InChI is InChI=1S/C17H15NO4/c1-22-16-13(19)7-12(17(20)21)14-10(8-18)6-9-4-2-3-5-11(9)15(14)16/h2-7,19H,8,18H2,1H3,(H,20,21). The molecule has 0 aliphatic carbocycles. The van der Waals surface area contributed by atoms with Crippen molar-refractivity contribution >= 4 is 27.5 Å². The SMILES string of the molecule is COc1c(O)cc(C(=O)O)c2c(CN)cc3ccccc3c12. The summed E-state index contributed by atoms with van der Waals surface area (Å²) in [6, 6.07) is 10.6. The van der Waals surface area contributed by atoms with Crippen LogP contribution in [0.5, 0.6) is 11.5 Å². The second-order valence-electron chi connectivity index (χ2n) is 4.99. The lowest BCUT2D eigenvalue weighted by molar-refractivity contribution is 0.0698. The van der Waals surface area contributed by atoms with Crippen molar-refractivity contribution in [3.63, 3.8) is 0 Å². The molecule has 0 amide bonds. The smallest absolute Gasteiger partial charge is 0.336 e. The van der Waals surface area contributed by atoms with Crippen LogP contribution in [0.1, 0.15) is 15.9 Å². The van der Waals surface area contributed by atoms with Gasteiger partial charge in [0.1, 0.15) is 0 Å². The van der Waals surface area contributed by atoms with Crippen LogP contribution in [0.4, 0.5) is 0 Å². The first kappa shape index (κ1) is 14.2. The molecule has 0 bridgehead atoms. The van der Waals surface area contributed by atoms with E-state index >= 15 is 0 Å². The molecular weight excluding hydrogens is 282 g/mol. The zero-order valence-corrected chi connectivity index (χ0v) is 12.0. The van der Waals surface area contributed by atoms with Crippen LogP contribution in [0.2, 0.25) is 0 Å². The van der Waals surface area contributed by atoms with E-state index in [0.717, 1.165) is 10.8 Å². The van der Waals surface area contributed by atoms with E-state index in [0.29, 0.717) is 16.3 Å². The van der Waals surface area contributed by atoms with Gasteiger partial charge in [0, 0.05) is 17.3 Å². The third-order valence-electron chi connectivity index (χ3n) is 3.80. The summed E-state index contributed by atoms with van der Waals surface area (Å²) in [7, 11) is 1.44. The van der Waals surface area contributed by atoms with Gasteiger partial charge in [0.05, 0.1) is 12.7 Å². The zero-order valence-electron chi connectivity index (χ0n) is 12.0. The number of hydrogen-bond acceptors (Lipinski definition) is 4. The topological polar surface area (TPSA) is 92.8 Å². The number of fused-ring (bicyclic) bond motifs is 3. The Bertz CT molecular complexity index is 902. The molecule has 3 rings (SSSR count). The first-order chi connectivity index (χ1) is 10.6. The highest BCUT2D eigenvalue weighted by molar-refractivity contribution is 6.18. The molecule has 0 aliphatic heterocycles. The minimum absolute atomic E-state index is 0.0134. The molecule has 4 N–H and O–H groups in total. The summed E-state index contributed by atoms with van der Waals surface area (Å²) >= 11 is 0. The molecule has 0 spiro atoms. The molecule has 0 aliphatic rings. The molecule has 0 saturated carbocycles. The van der Waals surface area contributed by atoms with Crippen LogP contribution in [-0.4, -0.2) is 23.3 Å². The maximum Gasteiger partial charge on any atom is 0.336 e. The number of phenolic OH excluding ortho intramolecular Hbond substituents is 1. The molecule has 5 heteroatoms. The first-order valence-electron chi connectivity index (χ1n) is 6.76. The van der Waals surface area contributed by atoms with E-state index in [1.807, 2.05) is 30.3 Å². The van der Waals surface area contributed by atoms with Gasteiger partial charge < -0.3 is 20.7 Å². The maximum atomic E-state index is 11.6. The molecule has 0 unspecified atom stereocenters. The summed E-state index contributed by atoms with van der Waals surface area (Å²) in [5, 5.41) is 22.4. The van der Waals surface area contributed by atoms with Crippen molar-refractivity contribution < 1.29 is 19.7 Å². The van der Waals surface area contributed by atoms with Crippen LogP contribution < -0.4 is 10.5 Å². The summed E-state index contributed by atoms with van der Waals surface area (Å²) in [6.07, 6.45) is 0. The van der Waals surface area contributed by atoms with Crippen LogP contribution in [0.25, 0.3) is 21.5 Å². The van der Waals surface area contributed by atoms with Crippen molar-refractivity contribution in [3.8, 4) is 11.5 Å². The summed E-state index contributed by atoms with van der Waals surface area (Å²) in [4.78, 5) is 11.6. The summed E-state index contributed by atoms with van der Waals surface area (Å²) in [5.74, 6) is -1.06. The Hall–Kier alpha value is -2.79. The quantitative estimate of drug-likeness (QED) is 0.646. The summed E-state index contributed by atoms with van der Waals surface area (Å²) < 4.78 is 5.32. The van der Waals surface area contributed by atoms with Gasteiger partial charge in [-0.2, -0.15) is 0 Å². The Morgan fingerprint density at radius 1 is 1.23 bits per heavy atom. The summed E-state index contributed by atoms with van der Waals surface area (Å²) in [5.41, 5.74) is 6.52. The van der Waals surface area contributed by atoms with E-state index in [1.54, 1.807) is 0 Å². The molecule has 0 heterocycles. The molecule has 0 aromatic heterocycles. The number of hydrogen-bond donors (Lipinski definition) is 3. The van der Waals surface area contributed by atoms with Gasteiger partial charge in [-0.05, 0) is 28.5 Å². The van der Waals surface area contributed by atoms with Gasteiger partial charge in [-0.1, -0.05) is 24.3 Å². The van der Waals surface area contributed by atoms with Gasteiger partial charge in [-0.25, -0.2) is 4.79 Å². The number of aromatic hydroxyl groups is 1. The van der Waals surface area contributed by atoms with Crippen LogP contribution in [0.3, 0.4) is 0 Å². The van der Waals surface area contributed by atoms with E-state index in [1.165, 1.54) is 13.2 Å². The number of benzene rings is 3. The lowest BCUT2D eigenvalue weighted by Gasteiger charge is -2.16. The third kappa shape index (κ3) is 1.95. The van der Waals surface area contributed by atoms with Crippen molar-refractivity contribution in [1.82, 2.24) is 0 Å². The van der Waals surface area contributed by atoms with Crippen LogP contribution in [-0.2, 0) is 6.54 Å². The van der Waals surface area contributed by atoms with Gasteiger partial charge in [-0.3, -0.25) is 0 Å². The number of carboxylic acid groups (broad SMARTS) is 1. The molecule has 0 atom stereocenters. The predicted octanol–water partition coefficient (Wildman–Crippen LogP) is 2.86. The van der Waals surface area contributed by atoms with E-state index in [4.69, 9.17) is 10.5 Å². The molecule has 112 valence electrons. The minimum atomic E-state index is -1.12. The highest BCUT2D eigenvalue weighted by atomic mass is 16.5. The average molecular weight is 297 g/mol. The largest absolute Gasteiger partial charge is 0.504 e. The Morgan fingerprint density at radius 3 is 2.59 bits per heavy atom. The highest BCUT2D eigenvalue weighted by Crippen LogP contribution is 2.42. The number of rotatable bonds is 3. The van der Waals surface area contributed by atoms with Crippen molar-refractivity contribution in [1.29, 1.82) is 0 Å². The van der Waals surface area contributed by atoms with Crippen LogP contribution in [0.15, 0.2) is 36.4 Å². The fourth-order valence-corrected chi connectivity index (χ4v) is 2.89. The number of nitrogens with two attached hydrogens (primary N) is 1. The number of ether oxygens (including phenoxy) is 1. The van der Waals surface area contributed by atoms with Gasteiger partial charge in [-0.15, -0.1) is 0 Å². The van der Waals surface area contributed by atoms with E-state index in [-0.39, 0.29) is 23.6 Å². The minimum Gasteiger partial charge on any atom is -0.504 e. The lowest BCUT2D eigenvalue weighted by Crippen LogP contribution is -2.05. The normalized spacial score (nSPS) is 11.0. The van der Waals surface area contributed by atoms with Crippen molar-refractivity contribution in [3.05, 3.63) is 47.5 Å². The Labute approximate surface area is 126 Å². The molecule has 5 nitrogen and oxygen atoms in total. The Balaban J connectivity index is 2.68. The molecule has 0 radical (unpaired) electrons. The Kier molecular flexibility index (Phi) is 3.35. The Morgan fingerprint density at radius 2 is 1.95 bits per heavy atom. The molecule has 3 aromatic rings. The highest BCUT2D eigenvalue weighted by Gasteiger charge is 2.21. The van der Waals surface area contributed by atoms with Crippen LogP contribution in [0, 0.1) is 0 Å². The molecular formula is C17H15NO4. The summed E-state index contributed by atoms with van der Waals surface area (Å²) in [6.45, 7) is 0.190.